The largest absolute Gasteiger partial charge is 0.406 e. The molecule has 0 aliphatic carbocycles. The highest BCUT2D eigenvalue weighted by molar-refractivity contribution is 9.10. The van der Waals surface area contributed by atoms with E-state index in [4.69, 9.17) is 4.42 Å². The lowest BCUT2D eigenvalue weighted by atomic mass is 10.3. The second kappa shape index (κ2) is 6.76. The van der Waals surface area contributed by atoms with E-state index in [1.165, 1.54) is 6.07 Å². The van der Waals surface area contributed by atoms with Gasteiger partial charge in [0.15, 0.2) is 0 Å². The number of aromatic nitrogens is 2. The minimum Gasteiger partial charge on any atom is -0.406 e. The molecule has 0 atom stereocenters. The minimum atomic E-state index is -0.741. The van der Waals surface area contributed by atoms with Crippen LogP contribution in [0.3, 0.4) is 0 Å². The van der Waals surface area contributed by atoms with E-state index in [1.807, 2.05) is 6.92 Å². The molecule has 2 N–H and O–H groups in total. The van der Waals surface area contributed by atoms with Gasteiger partial charge in [0, 0.05) is 6.07 Å². The van der Waals surface area contributed by atoms with Crippen molar-refractivity contribution in [1.82, 2.24) is 15.5 Å². The molecule has 0 spiro atoms. The summed E-state index contributed by atoms with van der Waals surface area (Å²) in [5.74, 6) is -1.03. The summed E-state index contributed by atoms with van der Waals surface area (Å²) in [4.78, 5) is 0. The average Bonchev–Trinajstić information content (AvgIpc) is 2.84. The van der Waals surface area contributed by atoms with Crippen LogP contribution in [0.5, 0.6) is 0 Å². The molecular formula is C12H13BrF2N4O. The molecule has 2 aromatic rings. The third-order valence-electron chi connectivity index (χ3n) is 2.42. The molecule has 0 fully saturated rings. The first-order chi connectivity index (χ1) is 9.60. The van der Waals surface area contributed by atoms with E-state index in [9.17, 15) is 8.78 Å². The molecule has 0 radical (unpaired) electrons. The van der Waals surface area contributed by atoms with Gasteiger partial charge in [-0.15, -0.1) is 5.10 Å². The van der Waals surface area contributed by atoms with Gasteiger partial charge in [-0.1, -0.05) is 12.0 Å². The topological polar surface area (TPSA) is 63.0 Å². The van der Waals surface area contributed by atoms with Crippen molar-refractivity contribution in [2.75, 3.05) is 11.9 Å². The minimum absolute atomic E-state index is 0.0509. The van der Waals surface area contributed by atoms with Gasteiger partial charge in [-0.3, -0.25) is 0 Å². The summed E-state index contributed by atoms with van der Waals surface area (Å²) in [5.41, 5.74) is 0.0509. The smallest absolute Gasteiger partial charge is 0.320 e. The van der Waals surface area contributed by atoms with Gasteiger partial charge in [0.05, 0.1) is 16.7 Å². The first kappa shape index (κ1) is 14.9. The SMILES string of the molecule is CCCNCc1nnc(Nc2cc(Br)c(F)cc2F)o1. The molecule has 2 rings (SSSR count). The maximum absolute atomic E-state index is 13.5. The molecule has 0 amide bonds. The van der Waals surface area contributed by atoms with Gasteiger partial charge in [0.25, 0.3) is 0 Å². The average molecular weight is 347 g/mol. The molecule has 0 unspecified atom stereocenters. The quantitative estimate of drug-likeness (QED) is 0.620. The fraction of sp³-hybridized carbons (Fsp3) is 0.333. The van der Waals surface area contributed by atoms with Gasteiger partial charge in [0.1, 0.15) is 11.6 Å². The second-order valence-electron chi connectivity index (χ2n) is 4.05. The van der Waals surface area contributed by atoms with E-state index in [-0.39, 0.29) is 16.2 Å². The number of nitrogens with one attached hydrogen (secondary N) is 2. The van der Waals surface area contributed by atoms with Gasteiger partial charge in [-0.25, -0.2) is 8.78 Å². The summed E-state index contributed by atoms with van der Waals surface area (Å²) in [6.07, 6.45) is 0.994. The Morgan fingerprint density at radius 1 is 1.25 bits per heavy atom. The van der Waals surface area contributed by atoms with Gasteiger partial charge >= 0.3 is 6.01 Å². The summed E-state index contributed by atoms with van der Waals surface area (Å²) in [6.45, 7) is 3.33. The van der Waals surface area contributed by atoms with E-state index < -0.39 is 11.6 Å². The van der Waals surface area contributed by atoms with Crippen LogP contribution < -0.4 is 10.6 Å². The molecule has 5 nitrogen and oxygen atoms in total. The number of rotatable bonds is 6. The van der Waals surface area contributed by atoms with E-state index in [0.717, 1.165) is 19.0 Å². The molecule has 0 saturated carbocycles. The number of nitrogens with zero attached hydrogens (tertiary/aromatic N) is 2. The number of halogens is 3. The Hall–Kier alpha value is -1.54. The summed E-state index contributed by atoms with van der Waals surface area (Å²) >= 11 is 2.98. The molecule has 1 aromatic heterocycles. The van der Waals surface area contributed by atoms with Crippen molar-refractivity contribution in [2.24, 2.45) is 0 Å². The maximum Gasteiger partial charge on any atom is 0.320 e. The van der Waals surface area contributed by atoms with Crippen molar-refractivity contribution in [3.05, 3.63) is 34.1 Å². The molecular weight excluding hydrogens is 334 g/mol. The van der Waals surface area contributed by atoms with E-state index in [2.05, 4.69) is 36.8 Å². The molecule has 1 heterocycles. The maximum atomic E-state index is 13.5. The molecule has 0 aliphatic heterocycles. The highest BCUT2D eigenvalue weighted by Crippen LogP contribution is 2.25. The predicted molar refractivity (Wildman–Crippen MR) is 73.6 cm³/mol. The van der Waals surface area contributed by atoms with E-state index in [0.29, 0.717) is 12.4 Å². The normalized spacial score (nSPS) is 10.8. The van der Waals surface area contributed by atoms with Crippen molar-refractivity contribution in [1.29, 1.82) is 0 Å². The Morgan fingerprint density at radius 2 is 2.05 bits per heavy atom. The first-order valence-electron chi connectivity index (χ1n) is 6.04. The third kappa shape index (κ3) is 3.73. The molecule has 108 valence electrons. The van der Waals surface area contributed by atoms with Crippen LogP contribution in [-0.2, 0) is 6.54 Å². The standard InChI is InChI=1S/C12H13BrF2N4O/c1-2-3-16-6-11-18-19-12(20-11)17-10-4-7(13)8(14)5-9(10)15/h4-5,16H,2-3,6H2,1H3,(H,17,19). The van der Waals surface area contributed by atoms with Gasteiger partial charge < -0.3 is 15.1 Å². The summed E-state index contributed by atoms with van der Waals surface area (Å²) in [5, 5.41) is 13.3. The zero-order chi connectivity index (χ0) is 14.5. The lowest BCUT2D eigenvalue weighted by Crippen LogP contribution is -2.13. The summed E-state index contributed by atoms with van der Waals surface area (Å²) < 4.78 is 32.1. The van der Waals surface area contributed by atoms with Crippen LogP contribution in [-0.4, -0.2) is 16.7 Å². The van der Waals surface area contributed by atoms with Crippen LogP contribution >= 0.6 is 15.9 Å². The zero-order valence-electron chi connectivity index (χ0n) is 10.7. The Bertz CT molecular complexity index is 591. The van der Waals surface area contributed by atoms with Gasteiger partial charge in [-0.05, 0) is 35.0 Å². The molecule has 0 bridgehead atoms. The number of anilines is 2. The van der Waals surface area contributed by atoms with Crippen LogP contribution in [0.4, 0.5) is 20.5 Å². The lowest BCUT2D eigenvalue weighted by Gasteiger charge is -2.04. The molecule has 0 aliphatic rings. The van der Waals surface area contributed by atoms with Crippen molar-refractivity contribution >= 4 is 27.6 Å². The molecule has 0 saturated heterocycles. The third-order valence-corrected chi connectivity index (χ3v) is 3.03. The van der Waals surface area contributed by atoms with E-state index >= 15 is 0 Å². The summed E-state index contributed by atoms with van der Waals surface area (Å²) in [6, 6.07) is 2.09. The molecule has 1 aromatic carbocycles. The Morgan fingerprint density at radius 3 is 2.80 bits per heavy atom. The van der Waals surface area contributed by atoms with Crippen LogP contribution in [0.2, 0.25) is 0 Å². The van der Waals surface area contributed by atoms with Gasteiger partial charge in [0.2, 0.25) is 5.89 Å². The van der Waals surface area contributed by atoms with E-state index in [1.54, 1.807) is 0 Å². The molecule has 20 heavy (non-hydrogen) atoms. The Kier molecular flexibility index (Phi) is 5.02. The summed E-state index contributed by atoms with van der Waals surface area (Å²) in [7, 11) is 0. The van der Waals surface area contributed by atoms with Crippen molar-refractivity contribution in [3.8, 4) is 0 Å². The van der Waals surface area contributed by atoms with Crippen LogP contribution in [0.15, 0.2) is 21.0 Å². The Labute approximate surface area is 122 Å². The fourth-order valence-electron chi connectivity index (χ4n) is 1.48. The highest BCUT2D eigenvalue weighted by Gasteiger charge is 2.11. The zero-order valence-corrected chi connectivity index (χ0v) is 12.3. The fourth-order valence-corrected chi connectivity index (χ4v) is 1.82. The first-order valence-corrected chi connectivity index (χ1v) is 6.84. The number of benzene rings is 1. The lowest BCUT2D eigenvalue weighted by molar-refractivity contribution is 0.479. The highest BCUT2D eigenvalue weighted by atomic mass is 79.9. The Balaban J connectivity index is 2.05. The van der Waals surface area contributed by atoms with Crippen LogP contribution in [0, 0.1) is 11.6 Å². The molecule has 8 heteroatoms. The monoisotopic (exact) mass is 346 g/mol. The van der Waals surface area contributed by atoms with Gasteiger partial charge in [-0.2, -0.15) is 0 Å². The second-order valence-corrected chi connectivity index (χ2v) is 4.90. The van der Waals surface area contributed by atoms with Crippen molar-refractivity contribution in [2.45, 2.75) is 19.9 Å². The predicted octanol–water partition coefficient (Wildman–Crippen LogP) is 3.35. The number of hydrogen-bond donors (Lipinski definition) is 2. The van der Waals surface area contributed by atoms with Crippen LogP contribution in [0.1, 0.15) is 19.2 Å². The van der Waals surface area contributed by atoms with Crippen molar-refractivity contribution in [3.63, 3.8) is 0 Å². The van der Waals surface area contributed by atoms with Crippen LogP contribution in [0.25, 0.3) is 0 Å². The number of hydrogen-bond acceptors (Lipinski definition) is 5. The van der Waals surface area contributed by atoms with Crippen molar-refractivity contribution < 1.29 is 13.2 Å².